The van der Waals surface area contributed by atoms with Crippen LogP contribution in [0.2, 0.25) is 0 Å². The van der Waals surface area contributed by atoms with Crippen LogP contribution in [0.4, 0.5) is 4.39 Å². The van der Waals surface area contributed by atoms with E-state index in [0.29, 0.717) is 6.54 Å². The first-order valence-electron chi connectivity index (χ1n) is 9.85. The summed E-state index contributed by atoms with van der Waals surface area (Å²) in [7, 11) is 0. The van der Waals surface area contributed by atoms with Crippen molar-refractivity contribution in [2.75, 3.05) is 13.1 Å². The molecule has 0 radical (unpaired) electrons. The van der Waals surface area contributed by atoms with Gasteiger partial charge in [0.05, 0.1) is 17.9 Å². The van der Waals surface area contributed by atoms with Gasteiger partial charge in [-0.1, -0.05) is 36.8 Å². The van der Waals surface area contributed by atoms with Gasteiger partial charge in [0, 0.05) is 11.1 Å². The van der Waals surface area contributed by atoms with Gasteiger partial charge >= 0.3 is 0 Å². The minimum atomic E-state index is -0.267. The highest BCUT2D eigenvalue weighted by Crippen LogP contribution is 2.27. The lowest BCUT2D eigenvalue weighted by atomic mass is 10.0. The molecule has 0 N–H and O–H groups in total. The van der Waals surface area contributed by atoms with Gasteiger partial charge in [-0.25, -0.2) is 4.39 Å². The van der Waals surface area contributed by atoms with Crippen LogP contribution in [0.5, 0.6) is 0 Å². The number of aromatic nitrogens is 3. The Morgan fingerprint density at radius 3 is 2.57 bits per heavy atom. The fourth-order valence-corrected chi connectivity index (χ4v) is 4.12. The SMILES string of the molecule is Fc1ccc2c(c1)C(c1ccccc1)=NCc1nnc(CN3CCCCC3)n1-2. The van der Waals surface area contributed by atoms with E-state index in [1.165, 1.54) is 25.3 Å². The zero-order valence-electron chi connectivity index (χ0n) is 15.7. The molecular weight excluding hydrogens is 353 g/mol. The molecule has 6 heteroatoms. The molecule has 3 heterocycles. The molecule has 0 unspecified atom stereocenters. The topological polar surface area (TPSA) is 46.3 Å². The summed E-state index contributed by atoms with van der Waals surface area (Å²) in [6, 6.07) is 14.8. The second-order valence-electron chi connectivity index (χ2n) is 7.40. The highest BCUT2D eigenvalue weighted by atomic mass is 19.1. The molecular formula is C22H22FN5. The first kappa shape index (κ1) is 17.3. The predicted molar refractivity (Wildman–Crippen MR) is 106 cm³/mol. The predicted octanol–water partition coefficient (Wildman–Crippen LogP) is 3.74. The summed E-state index contributed by atoms with van der Waals surface area (Å²) in [6.45, 7) is 3.35. The van der Waals surface area contributed by atoms with Crippen LogP contribution < -0.4 is 0 Å². The largest absolute Gasteiger partial charge is 0.296 e. The molecule has 0 saturated carbocycles. The lowest BCUT2D eigenvalue weighted by Gasteiger charge is -2.26. The fourth-order valence-electron chi connectivity index (χ4n) is 4.12. The van der Waals surface area contributed by atoms with Gasteiger partial charge in [-0.15, -0.1) is 10.2 Å². The Labute approximate surface area is 163 Å². The maximum atomic E-state index is 14.2. The number of fused-ring (bicyclic) bond motifs is 3. The zero-order chi connectivity index (χ0) is 18.9. The second-order valence-corrected chi connectivity index (χ2v) is 7.40. The van der Waals surface area contributed by atoms with Gasteiger partial charge < -0.3 is 0 Å². The fraction of sp³-hybridized carbons (Fsp3) is 0.318. The van der Waals surface area contributed by atoms with Gasteiger partial charge in [0.1, 0.15) is 12.4 Å². The van der Waals surface area contributed by atoms with E-state index in [0.717, 1.165) is 53.8 Å². The quantitative estimate of drug-likeness (QED) is 0.701. The molecule has 0 spiro atoms. The number of nitrogens with zero attached hydrogens (tertiary/aromatic N) is 5. The van der Waals surface area contributed by atoms with Gasteiger partial charge in [0.15, 0.2) is 11.6 Å². The number of hydrogen-bond donors (Lipinski definition) is 0. The molecule has 2 aliphatic heterocycles. The normalized spacial score (nSPS) is 16.8. The summed E-state index contributed by atoms with van der Waals surface area (Å²) in [5, 5.41) is 8.88. The molecule has 0 bridgehead atoms. The smallest absolute Gasteiger partial charge is 0.159 e. The molecule has 2 aromatic carbocycles. The molecule has 0 amide bonds. The number of halogens is 1. The van der Waals surface area contributed by atoms with Gasteiger partial charge in [0.25, 0.3) is 0 Å². The molecule has 3 aromatic rings. The molecule has 0 aliphatic carbocycles. The Balaban J connectivity index is 1.61. The number of aliphatic imine (C=N–C) groups is 1. The van der Waals surface area contributed by atoms with E-state index >= 15 is 0 Å². The minimum absolute atomic E-state index is 0.267. The van der Waals surface area contributed by atoms with Gasteiger partial charge in [-0.05, 0) is 44.1 Å². The Hall–Kier alpha value is -2.86. The van der Waals surface area contributed by atoms with E-state index in [-0.39, 0.29) is 5.82 Å². The van der Waals surface area contributed by atoms with E-state index in [4.69, 9.17) is 4.99 Å². The van der Waals surface area contributed by atoms with Crippen LogP contribution in [0, 0.1) is 5.82 Å². The van der Waals surface area contributed by atoms with Crippen molar-refractivity contribution in [3.63, 3.8) is 0 Å². The minimum Gasteiger partial charge on any atom is -0.296 e. The Kier molecular flexibility index (Phi) is 4.49. The Morgan fingerprint density at radius 2 is 1.75 bits per heavy atom. The van der Waals surface area contributed by atoms with Crippen molar-refractivity contribution >= 4 is 5.71 Å². The summed E-state index contributed by atoms with van der Waals surface area (Å²) < 4.78 is 16.3. The average Bonchev–Trinajstić information content (AvgIpc) is 3.04. The summed E-state index contributed by atoms with van der Waals surface area (Å²) in [5.74, 6) is 1.43. The number of hydrogen-bond acceptors (Lipinski definition) is 4. The van der Waals surface area contributed by atoms with Gasteiger partial charge in [0.2, 0.25) is 0 Å². The number of benzene rings is 2. The average molecular weight is 375 g/mol. The van der Waals surface area contributed by atoms with E-state index in [1.54, 1.807) is 6.07 Å². The number of rotatable bonds is 3. The Bertz CT molecular complexity index is 1020. The lowest BCUT2D eigenvalue weighted by molar-refractivity contribution is 0.214. The summed E-state index contributed by atoms with van der Waals surface area (Å²) in [4.78, 5) is 7.21. The van der Waals surface area contributed by atoms with Crippen LogP contribution in [-0.2, 0) is 13.1 Å². The molecule has 5 rings (SSSR count). The molecule has 1 fully saturated rings. The van der Waals surface area contributed by atoms with Crippen molar-refractivity contribution in [3.05, 3.63) is 77.1 Å². The van der Waals surface area contributed by atoms with Crippen molar-refractivity contribution in [3.8, 4) is 5.69 Å². The van der Waals surface area contributed by atoms with Crippen molar-refractivity contribution in [2.45, 2.75) is 32.4 Å². The van der Waals surface area contributed by atoms with Crippen LogP contribution >= 0.6 is 0 Å². The maximum Gasteiger partial charge on any atom is 0.159 e. The summed E-state index contributed by atoms with van der Waals surface area (Å²) in [6.07, 6.45) is 3.75. The third kappa shape index (κ3) is 3.14. The van der Waals surface area contributed by atoms with E-state index in [9.17, 15) is 4.39 Å². The Morgan fingerprint density at radius 1 is 0.929 bits per heavy atom. The van der Waals surface area contributed by atoms with Crippen LogP contribution in [-0.4, -0.2) is 38.5 Å². The lowest BCUT2D eigenvalue weighted by Crippen LogP contribution is -2.30. The highest BCUT2D eigenvalue weighted by Gasteiger charge is 2.24. The molecule has 5 nitrogen and oxygen atoms in total. The van der Waals surface area contributed by atoms with Crippen LogP contribution in [0.1, 0.15) is 42.0 Å². The molecule has 0 atom stereocenters. The third-order valence-corrected chi connectivity index (χ3v) is 5.49. The molecule has 2 aliphatic rings. The first-order valence-corrected chi connectivity index (χ1v) is 9.85. The van der Waals surface area contributed by atoms with Crippen LogP contribution in [0.15, 0.2) is 53.5 Å². The first-order chi connectivity index (χ1) is 13.8. The van der Waals surface area contributed by atoms with Crippen molar-refractivity contribution in [1.82, 2.24) is 19.7 Å². The van der Waals surface area contributed by atoms with E-state index in [1.807, 2.05) is 36.4 Å². The van der Waals surface area contributed by atoms with Gasteiger partial charge in [-0.3, -0.25) is 14.5 Å². The van der Waals surface area contributed by atoms with Crippen molar-refractivity contribution < 1.29 is 4.39 Å². The molecule has 142 valence electrons. The van der Waals surface area contributed by atoms with E-state index < -0.39 is 0 Å². The standard InChI is InChI=1S/C22H22FN5/c23-17-9-10-19-18(13-17)22(16-7-3-1-4-8-16)24-14-20-25-26-21(28(19)20)15-27-11-5-2-6-12-27/h1,3-4,7-10,13H,2,5-6,11-12,14-15H2. The zero-order valence-corrected chi connectivity index (χ0v) is 15.7. The van der Waals surface area contributed by atoms with Crippen LogP contribution in [0.25, 0.3) is 5.69 Å². The summed E-state index contributed by atoms with van der Waals surface area (Å²) in [5.41, 5.74) is 3.45. The number of likely N-dealkylation sites (tertiary alicyclic amines) is 1. The van der Waals surface area contributed by atoms with Gasteiger partial charge in [-0.2, -0.15) is 0 Å². The second kappa shape index (κ2) is 7.28. The van der Waals surface area contributed by atoms with Crippen LogP contribution in [0.3, 0.4) is 0 Å². The van der Waals surface area contributed by atoms with Crippen molar-refractivity contribution in [1.29, 1.82) is 0 Å². The third-order valence-electron chi connectivity index (χ3n) is 5.49. The molecule has 28 heavy (non-hydrogen) atoms. The monoisotopic (exact) mass is 375 g/mol. The summed E-state index contributed by atoms with van der Waals surface area (Å²) >= 11 is 0. The van der Waals surface area contributed by atoms with E-state index in [2.05, 4.69) is 19.7 Å². The maximum absolute atomic E-state index is 14.2. The highest BCUT2D eigenvalue weighted by molar-refractivity contribution is 6.15. The molecule has 1 saturated heterocycles. The number of piperidine rings is 1. The molecule has 1 aromatic heterocycles. The van der Waals surface area contributed by atoms with Crippen molar-refractivity contribution in [2.24, 2.45) is 4.99 Å².